The maximum absolute atomic E-state index is 11.4. The highest BCUT2D eigenvalue weighted by atomic mass is 35.5. The third-order valence-electron chi connectivity index (χ3n) is 3.40. The number of halogens is 1. The summed E-state index contributed by atoms with van der Waals surface area (Å²) in [6.07, 6.45) is 2.12. The Bertz CT molecular complexity index is 695. The van der Waals surface area contributed by atoms with Gasteiger partial charge in [-0.05, 0) is 25.0 Å². The second-order valence-corrected chi connectivity index (χ2v) is 5.48. The van der Waals surface area contributed by atoms with E-state index in [4.69, 9.17) is 11.6 Å². The van der Waals surface area contributed by atoms with Crippen molar-refractivity contribution in [3.63, 3.8) is 0 Å². The Morgan fingerprint density at radius 3 is 2.65 bits per heavy atom. The molecule has 0 spiro atoms. The van der Waals surface area contributed by atoms with Gasteiger partial charge in [-0.1, -0.05) is 36.7 Å². The molecule has 1 heterocycles. The zero-order valence-electron chi connectivity index (χ0n) is 12.9. The molecule has 0 aliphatic heterocycles. The molecular formula is C15H18ClN5O2. The molecule has 1 aromatic carbocycles. The van der Waals surface area contributed by atoms with Crippen LogP contribution in [0.1, 0.15) is 25.8 Å². The summed E-state index contributed by atoms with van der Waals surface area (Å²) >= 11 is 6.09. The van der Waals surface area contributed by atoms with E-state index in [1.807, 2.05) is 32.0 Å². The fraction of sp³-hybridized carbons (Fsp3) is 0.333. The molecule has 0 amide bonds. The van der Waals surface area contributed by atoms with Crippen molar-refractivity contribution >= 4 is 28.9 Å². The fourth-order valence-electron chi connectivity index (χ4n) is 1.94. The highest BCUT2D eigenvalue weighted by molar-refractivity contribution is 6.31. The maximum atomic E-state index is 11.4. The Morgan fingerprint density at radius 2 is 2.00 bits per heavy atom. The number of anilines is 2. The van der Waals surface area contributed by atoms with E-state index in [0.29, 0.717) is 11.6 Å². The first-order valence-corrected chi connectivity index (χ1v) is 7.64. The molecule has 0 aliphatic rings. The molecule has 0 saturated heterocycles. The summed E-state index contributed by atoms with van der Waals surface area (Å²) in [4.78, 5) is 18.9. The number of hydrogen-bond donors (Lipinski definition) is 2. The summed E-state index contributed by atoms with van der Waals surface area (Å²) in [5, 5.41) is 18.0. The Balaban J connectivity index is 2.26. The van der Waals surface area contributed by atoms with Gasteiger partial charge in [0.1, 0.15) is 6.33 Å². The van der Waals surface area contributed by atoms with Crippen molar-refractivity contribution in [3.05, 3.63) is 51.3 Å². The van der Waals surface area contributed by atoms with Crippen LogP contribution in [-0.4, -0.2) is 20.9 Å². The van der Waals surface area contributed by atoms with Crippen molar-refractivity contribution in [1.29, 1.82) is 0 Å². The predicted molar refractivity (Wildman–Crippen MR) is 90.8 cm³/mol. The van der Waals surface area contributed by atoms with E-state index in [1.54, 1.807) is 6.07 Å². The van der Waals surface area contributed by atoms with E-state index in [-0.39, 0.29) is 23.4 Å². The van der Waals surface area contributed by atoms with Gasteiger partial charge < -0.3 is 10.6 Å². The molecule has 0 aliphatic carbocycles. The van der Waals surface area contributed by atoms with Gasteiger partial charge in [0.15, 0.2) is 0 Å². The van der Waals surface area contributed by atoms with E-state index < -0.39 is 4.92 Å². The van der Waals surface area contributed by atoms with Crippen LogP contribution >= 0.6 is 11.6 Å². The summed E-state index contributed by atoms with van der Waals surface area (Å²) in [5.41, 5.74) is 0.665. The summed E-state index contributed by atoms with van der Waals surface area (Å²) < 4.78 is 0. The van der Waals surface area contributed by atoms with Crippen LogP contribution in [0, 0.1) is 10.1 Å². The molecule has 122 valence electrons. The minimum atomic E-state index is -0.486. The van der Waals surface area contributed by atoms with E-state index in [1.165, 1.54) is 6.33 Å². The quantitative estimate of drug-likeness (QED) is 0.589. The first kappa shape index (κ1) is 17.0. The number of nitrogens with zero attached hydrogens (tertiary/aromatic N) is 3. The highest BCUT2D eigenvalue weighted by Gasteiger charge is 2.23. The van der Waals surface area contributed by atoms with Crippen LogP contribution in [0.5, 0.6) is 0 Å². The third kappa shape index (κ3) is 4.29. The van der Waals surface area contributed by atoms with Gasteiger partial charge in [0.25, 0.3) is 0 Å². The lowest BCUT2D eigenvalue weighted by Crippen LogP contribution is -2.17. The summed E-state index contributed by atoms with van der Waals surface area (Å²) in [5.74, 6) is 0.372. The Hall–Kier alpha value is -2.41. The van der Waals surface area contributed by atoms with Crippen LogP contribution in [0.2, 0.25) is 5.02 Å². The molecule has 7 nitrogen and oxygen atoms in total. The largest absolute Gasteiger partial charge is 0.362 e. The van der Waals surface area contributed by atoms with Crippen molar-refractivity contribution in [2.24, 2.45) is 0 Å². The predicted octanol–water partition coefficient (Wildman–Crippen LogP) is 3.86. The average molecular weight is 336 g/mol. The third-order valence-corrected chi connectivity index (χ3v) is 3.77. The second-order valence-electron chi connectivity index (χ2n) is 5.08. The second kappa shape index (κ2) is 7.73. The minimum Gasteiger partial charge on any atom is -0.362 e. The van der Waals surface area contributed by atoms with Crippen LogP contribution < -0.4 is 10.6 Å². The van der Waals surface area contributed by atoms with E-state index >= 15 is 0 Å². The molecule has 1 unspecified atom stereocenters. The fourth-order valence-corrected chi connectivity index (χ4v) is 2.15. The van der Waals surface area contributed by atoms with Crippen LogP contribution in [0.25, 0.3) is 0 Å². The van der Waals surface area contributed by atoms with Crippen molar-refractivity contribution in [2.75, 3.05) is 10.6 Å². The number of benzene rings is 1. The maximum Gasteiger partial charge on any atom is 0.353 e. The van der Waals surface area contributed by atoms with Gasteiger partial charge in [0.05, 0.1) is 4.92 Å². The van der Waals surface area contributed by atoms with E-state index in [0.717, 1.165) is 12.0 Å². The van der Waals surface area contributed by atoms with Gasteiger partial charge >= 0.3 is 5.69 Å². The molecular weight excluding hydrogens is 318 g/mol. The van der Waals surface area contributed by atoms with Crippen molar-refractivity contribution < 1.29 is 4.92 Å². The molecule has 0 bridgehead atoms. The SMILES string of the molecule is CCC(C)Nc1ncnc(NCc2ccccc2Cl)c1[N+](=O)[O-]. The van der Waals surface area contributed by atoms with Crippen molar-refractivity contribution in [1.82, 2.24) is 9.97 Å². The number of nitrogens with one attached hydrogen (secondary N) is 2. The van der Waals surface area contributed by atoms with Crippen molar-refractivity contribution in [2.45, 2.75) is 32.9 Å². The molecule has 0 saturated carbocycles. The Labute approximate surface area is 139 Å². The van der Waals surface area contributed by atoms with Crippen LogP contribution in [0.15, 0.2) is 30.6 Å². The van der Waals surface area contributed by atoms with Gasteiger partial charge in [0, 0.05) is 17.6 Å². The zero-order chi connectivity index (χ0) is 16.8. The van der Waals surface area contributed by atoms with Crippen molar-refractivity contribution in [3.8, 4) is 0 Å². The molecule has 1 aromatic heterocycles. The first-order chi connectivity index (χ1) is 11.0. The molecule has 2 N–H and O–H groups in total. The number of nitro groups is 1. The summed E-state index contributed by atoms with van der Waals surface area (Å²) in [7, 11) is 0. The lowest BCUT2D eigenvalue weighted by Gasteiger charge is -2.14. The van der Waals surface area contributed by atoms with E-state index in [9.17, 15) is 10.1 Å². The molecule has 2 rings (SSSR count). The summed E-state index contributed by atoms with van der Waals surface area (Å²) in [6.45, 7) is 4.25. The molecule has 8 heteroatoms. The molecule has 23 heavy (non-hydrogen) atoms. The first-order valence-electron chi connectivity index (χ1n) is 7.26. The van der Waals surface area contributed by atoms with Gasteiger partial charge in [-0.3, -0.25) is 10.1 Å². The highest BCUT2D eigenvalue weighted by Crippen LogP contribution is 2.30. The average Bonchev–Trinajstić information content (AvgIpc) is 2.53. The Kier molecular flexibility index (Phi) is 5.70. The van der Waals surface area contributed by atoms with Gasteiger partial charge in [-0.25, -0.2) is 9.97 Å². The smallest absolute Gasteiger partial charge is 0.353 e. The van der Waals surface area contributed by atoms with Gasteiger partial charge in [0.2, 0.25) is 11.6 Å². The van der Waals surface area contributed by atoms with Crippen LogP contribution in [0.3, 0.4) is 0 Å². The topological polar surface area (TPSA) is 93.0 Å². The minimum absolute atomic E-state index is 0.0695. The number of rotatable bonds is 7. The molecule has 1 atom stereocenters. The Morgan fingerprint density at radius 1 is 1.30 bits per heavy atom. The van der Waals surface area contributed by atoms with Gasteiger partial charge in [-0.2, -0.15) is 0 Å². The standard InChI is InChI=1S/C15H18ClN5O2/c1-3-10(2)20-15-13(21(22)23)14(18-9-19-15)17-8-11-6-4-5-7-12(11)16/h4-7,9-10H,3,8H2,1-2H3,(H2,17,18,19,20). The molecule has 2 aromatic rings. The zero-order valence-corrected chi connectivity index (χ0v) is 13.7. The lowest BCUT2D eigenvalue weighted by molar-refractivity contribution is -0.383. The van der Waals surface area contributed by atoms with E-state index in [2.05, 4.69) is 20.6 Å². The normalized spacial score (nSPS) is 11.8. The van der Waals surface area contributed by atoms with Gasteiger partial charge in [-0.15, -0.1) is 0 Å². The van der Waals surface area contributed by atoms with Crippen LogP contribution in [0.4, 0.5) is 17.3 Å². The number of aromatic nitrogens is 2. The number of hydrogen-bond acceptors (Lipinski definition) is 6. The lowest BCUT2D eigenvalue weighted by atomic mass is 10.2. The molecule has 0 radical (unpaired) electrons. The van der Waals surface area contributed by atoms with Crippen LogP contribution in [-0.2, 0) is 6.54 Å². The monoisotopic (exact) mass is 335 g/mol. The summed E-state index contributed by atoms with van der Waals surface area (Å²) in [6, 6.07) is 7.36. The molecule has 0 fully saturated rings.